The highest BCUT2D eigenvalue weighted by Crippen LogP contribution is 2.25. The molecule has 0 amide bonds. The summed E-state index contributed by atoms with van der Waals surface area (Å²) in [4.78, 5) is 0. The first-order chi connectivity index (χ1) is 9.74. The fourth-order valence-electron chi connectivity index (χ4n) is 2.13. The second-order valence-corrected chi connectivity index (χ2v) is 4.29. The molecule has 2 aromatic heterocycles. The van der Waals surface area contributed by atoms with E-state index in [9.17, 15) is 0 Å². The van der Waals surface area contributed by atoms with Crippen molar-refractivity contribution in [1.82, 2.24) is 20.0 Å². The summed E-state index contributed by atoms with van der Waals surface area (Å²) in [7, 11) is 1.59. The molecule has 0 aliphatic rings. The van der Waals surface area contributed by atoms with Gasteiger partial charge in [-0.1, -0.05) is 6.07 Å². The summed E-state index contributed by atoms with van der Waals surface area (Å²) in [5, 5.41) is 21.1. The summed E-state index contributed by atoms with van der Waals surface area (Å²) in [5.41, 5.74) is 8.51. The van der Waals surface area contributed by atoms with E-state index >= 15 is 0 Å². The van der Waals surface area contributed by atoms with Crippen molar-refractivity contribution in [3.05, 3.63) is 35.5 Å². The van der Waals surface area contributed by atoms with E-state index in [1.165, 1.54) is 0 Å². The maximum absolute atomic E-state index is 8.97. The predicted octanol–water partition coefficient (Wildman–Crippen LogP) is 1.35. The Labute approximate surface area is 114 Å². The summed E-state index contributed by atoms with van der Waals surface area (Å²) in [6, 6.07) is 9.24. The first-order valence-electron chi connectivity index (χ1n) is 5.95. The van der Waals surface area contributed by atoms with Crippen LogP contribution < -0.4 is 5.73 Å². The van der Waals surface area contributed by atoms with Crippen LogP contribution >= 0.6 is 0 Å². The number of fused-ring (bicyclic) bond motifs is 1. The summed E-state index contributed by atoms with van der Waals surface area (Å²) in [6.07, 6.45) is 0. The quantitative estimate of drug-likeness (QED) is 0.745. The van der Waals surface area contributed by atoms with Crippen LogP contribution in [0, 0.1) is 11.3 Å². The summed E-state index contributed by atoms with van der Waals surface area (Å²) in [5.74, 6) is 0.453. The Hall–Kier alpha value is -2.85. The molecule has 20 heavy (non-hydrogen) atoms. The summed E-state index contributed by atoms with van der Waals surface area (Å²) >= 11 is 0. The number of nitrogens with two attached hydrogens (primary N) is 1. The summed E-state index contributed by atoms with van der Waals surface area (Å²) in [6.45, 7) is 0.338. The number of H-pyrrole nitrogens is 1. The molecule has 0 atom stereocenters. The highest BCUT2D eigenvalue weighted by molar-refractivity contribution is 5.89. The van der Waals surface area contributed by atoms with Gasteiger partial charge >= 0.3 is 0 Å². The molecule has 3 N–H and O–H groups in total. The lowest BCUT2D eigenvalue weighted by Gasteiger charge is -2.01. The van der Waals surface area contributed by atoms with Gasteiger partial charge in [-0.25, -0.2) is 4.68 Å². The number of nitriles is 1. The van der Waals surface area contributed by atoms with Crippen LogP contribution in [0.5, 0.6) is 0 Å². The Bertz CT molecular complexity index is 810. The predicted molar refractivity (Wildman–Crippen MR) is 73.1 cm³/mol. The number of nitrogen functional groups attached to an aromatic ring is 1. The number of methoxy groups -OCH3 is 1. The molecule has 0 aliphatic carbocycles. The monoisotopic (exact) mass is 268 g/mol. The van der Waals surface area contributed by atoms with Gasteiger partial charge in [-0.2, -0.15) is 15.5 Å². The molecule has 7 nitrogen and oxygen atoms in total. The number of benzene rings is 1. The van der Waals surface area contributed by atoms with Gasteiger partial charge in [0.1, 0.15) is 11.5 Å². The van der Waals surface area contributed by atoms with Crippen LogP contribution in [0.4, 0.5) is 5.82 Å². The first-order valence-corrected chi connectivity index (χ1v) is 5.95. The third-order valence-corrected chi connectivity index (χ3v) is 2.99. The van der Waals surface area contributed by atoms with Gasteiger partial charge in [-0.15, -0.1) is 0 Å². The third-order valence-electron chi connectivity index (χ3n) is 2.99. The van der Waals surface area contributed by atoms with Crippen LogP contribution in [0.2, 0.25) is 0 Å². The van der Waals surface area contributed by atoms with E-state index in [0.717, 1.165) is 11.1 Å². The SMILES string of the molecule is COCc1nn(-c2cccc(C#N)c2)c2n[nH]c(N)c12. The van der Waals surface area contributed by atoms with Crippen LogP contribution in [0.3, 0.4) is 0 Å². The average Bonchev–Trinajstić information content (AvgIpc) is 3.02. The van der Waals surface area contributed by atoms with Crippen molar-refractivity contribution in [2.24, 2.45) is 0 Å². The van der Waals surface area contributed by atoms with Crippen molar-refractivity contribution in [2.45, 2.75) is 6.61 Å². The molecule has 0 saturated heterocycles. The zero-order valence-electron chi connectivity index (χ0n) is 10.8. The molecular formula is C13H12N6O. The Morgan fingerprint density at radius 3 is 3.10 bits per heavy atom. The van der Waals surface area contributed by atoms with Crippen LogP contribution in [0.25, 0.3) is 16.7 Å². The Morgan fingerprint density at radius 2 is 2.35 bits per heavy atom. The summed E-state index contributed by atoms with van der Waals surface area (Å²) < 4.78 is 6.78. The number of hydrogen-bond acceptors (Lipinski definition) is 5. The zero-order chi connectivity index (χ0) is 14.1. The highest BCUT2D eigenvalue weighted by atomic mass is 16.5. The minimum Gasteiger partial charge on any atom is -0.383 e. The normalized spacial score (nSPS) is 10.8. The van der Waals surface area contributed by atoms with Crippen molar-refractivity contribution in [2.75, 3.05) is 12.8 Å². The molecule has 0 saturated carbocycles. The van der Waals surface area contributed by atoms with Gasteiger partial charge in [0.25, 0.3) is 0 Å². The maximum atomic E-state index is 8.97. The number of rotatable bonds is 3. The molecule has 3 aromatic rings. The number of ether oxygens (including phenoxy) is 1. The lowest BCUT2D eigenvalue weighted by molar-refractivity contribution is 0.182. The van der Waals surface area contributed by atoms with Gasteiger partial charge < -0.3 is 10.5 Å². The van der Waals surface area contributed by atoms with Crippen molar-refractivity contribution < 1.29 is 4.74 Å². The highest BCUT2D eigenvalue weighted by Gasteiger charge is 2.17. The van der Waals surface area contributed by atoms with E-state index in [4.69, 9.17) is 15.7 Å². The van der Waals surface area contributed by atoms with Crippen molar-refractivity contribution >= 4 is 16.9 Å². The minimum absolute atomic E-state index is 0.338. The van der Waals surface area contributed by atoms with E-state index in [1.54, 1.807) is 30.0 Å². The number of nitrogens with zero attached hydrogens (tertiary/aromatic N) is 4. The van der Waals surface area contributed by atoms with Crippen LogP contribution in [0.15, 0.2) is 24.3 Å². The fraction of sp³-hybridized carbons (Fsp3) is 0.154. The standard InChI is InChI=1S/C13H12N6O/c1-20-7-10-11-12(15)16-17-13(11)19(18-10)9-4-2-3-8(5-9)6-14/h2-5H,7H2,1H3,(H3,15,16,17). The van der Waals surface area contributed by atoms with Crippen LogP contribution in [-0.2, 0) is 11.3 Å². The number of nitrogens with one attached hydrogen (secondary N) is 1. The molecule has 0 bridgehead atoms. The molecule has 0 fully saturated rings. The van der Waals surface area contributed by atoms with Gasteiger partial charge in [-0.3, -0.25) is 5.10 Å². The Morgan fingerprint density at radius 1 is 1.50 bits per heavy atom. The topological polar surface area (TPSA) is 106 Å². The Balaban J connectivity index is 2.23. The molecule has 0 radical (unpaired) electrons. The molecule has 1 aromatic carbocycles. The van der Waals surface area contributed by atoms with Crippen LogP contribution in [0.1, 0.15) is 11.3 Å². The number of hydrogen-bond donors (Lipinski definition) is 2. The number of aromatic nitrogens is 4. The molecule has 100 valence electrons. The second-order valence-electron chi connectivity index (χ2n) is 4.29. The second kappa shape index (κ2) is 4.68. The van der Waals surface area contributed by atoms with E-state index in [1.807, 2.05) is 6.07 Å². The number of anilines is 1. The van der Waals surface area contributed by atoms with E-state index in [0.29, 0.717) is 29.3 Å². The molecule has 0 aliphatic heterocycles. The van der Waals surface area contributed by atoms with Gasteiger partial charge in [0, 0.05) is 7.11 Å². The first kappa shape index (κ1) is 12.2. The van der Waals surface area contributed by atoms with Gasteiger partial charge in [0.05, 0.1) is 29.3 Å². The fourth-order valence-corrected chi connectivity index (χ4v) is 2.13. The lowest BCUT2D eigenvalue weighted by Crippen LogP contribution is -2.00. The van der Waals surface area contributed by atoms with Gasteiger partial charge in [0.2, 0.25) is 0 Å². The lowest BCUT2D eigenvalue weighted by atomic mass is 10.2. The van der Waals surface area contributed by atoms with Gasteiger partial charge in [-0.05, 0) is 18.2 Å². The van der Waals surface area contributed by atoms with Crippen LogP contribution in [-0.4, -0.2) is 27.1 Å². The van der Waals surface area contributed by atoms with E-state index in [2.05, 4.69) is 21.4 Å². The van der Waals surface area contributed by atoms with Gasteiger partial charge in [0.15, 0.2) is 5.65 Å². The Kier molecular flexibility index (Phi) is 2.85. The third kappa shape index (κ3) is 1.79. The maximum Gasteiger partial charge on any atom is 0.186 e. The van der Waals surface area contributed by atoms with Crippen molar-refractivity contribution in [1.29, 1.82) is 5.26 Å². The molecule has 3 rings (SSSR count). The number of aromatic amines is 1. The smallest absolute Gasteiger partial charge is 0.186 e. The molecule has 7 heteroatoms. The molecule has 2 heterocycles. The minimum atomic E-state index is 0.338. The van der Waals surface area contributed by atoms with E-state index < -0.39 is 0 Å². The van der Waals surface area contributed by atoms with E-state index in [-0.39, 0.29) is 0 Å². The largest absolute Gasteiger partial charge is 0.383 e. The average molecular weight is 268 g/mol. The van der Waals surface area contributed by atoms with Crippen molar-refractivity contribution in [3.8, 4) is 11.8 Å². The van der Waals surface area contributed by atoms with Crippen molar-refractivity contribution in [3.63, 3.8) is 0 Å². The molecular weight excluding hydrogens is 256 g/mol. The zero-order valence-corrected chi connectivity index (χ0v) is 10.8. The molecule has 0 spiro atoms. The molecule has 0 unspecified atom stereocenters.